The lowest BCUT2D eigenvalue weighted by Gasteiger charge is -2.34. The number of rotatable bonds is 2. The number of benzene rings is 1. The van der Waals surface area contributed by atoms with Crippen molar-refractivity contribution in [3.8, 4) is 0 Å². The number of fused-ring (bicyclic) bond motifs is 1. The maximum Gasteiger partial charge on any atom is 0.255 e. The van der Waals surface area contributed by atoms with Crippen molar-refractivity contribution in [1.82, 2.24) is 24.8 Å². The number of amides is 2. The predicted molar refractivity (Wildman–Crippen MR) is 105 cm³/mol. The van der Waals surface area contributed by atoms with Gasteiger partial charge >= 0.3 is 0 Å². The molecule has 0 saturated carbocycles. The van der Waals surface area contributed by atoms with E-state index in [9.17, 15) is 9.59 Å². The van der Waals surface area contributed by atoms with Crippen LogP contribution in [-0.4, -0.2) is 62.7 Å². The molecule has 3 heterocycles. The molecule has 0 spiro atoms. The van der Waals surface area contributed by atoms with Gasteiger partial charge < -0.3 is 9.80 Å². The number of aromatic nitrogens is 3. The molecule has 0 radical (unpaired) electrons. The van der Waals surface area contributed by atoms with Crippen molar-refractivity contribution in [2.75, 3.05) is 26.2 Å². The third kappa shape index (κ3) is 3.43. The second-order valence-corrected chi connectivity index (χ2v) is 6.92. The molecule has 0 N–H and O–H groups in total. The number of pyridine rings is 1. The van der Waals surface area contributed by atoms with Crippen LogP contribution in [0.1, 0.15) is 32.1 Å². The maximum absolute atomic E-state index is 12.9. The van der Waals surface area contributed by atoms with Crippen molar-refractivity contribution in [3.05, 3.63) is 65.2 Å². The van der Waals surface area contributed by atoms with Gasteiger partial charge in [0, 0.05) is 44.1 Å². The van der Waals surface area contributed by atoms with E-state index in [0.29, 0.717) is 37.3 Å². The minimum Gasteiger partial charge on any atom is -0.335 e. The van der Waals surface area contributed by atoms with Gasteiger partial charge in [0.05, 0.1) is 28.0 Å². The standard InChI is InChI=1S/C21H21N5O2/c1-14-15(2)24-19-12-16(5-6-18(19)23-14)20(27)25-8-10-26(11-9-25)21(28)17-4-3-7-22-13-17/h3-7,12-13H,8-11H2,1-2H3. The third-order valence-electron chi connectivity index (χ3n) is 5.08. The molecular weight excluding hydrogens is 354 g/mol. The normalized spacial score (nSPS) is 14.4. The van der Waals surface area contributed by atoms with Gasteiger partial charge in [-0.05, 0) is 44.2 Å². The molecule has 7 heteroatoms. The number of hydrogen-bond acceptors (Lipinski definition) is 5. The highest BCUT2D eigenvalue weighted by Crippen LogP contribution is 2.17. The first-order valence-corrected chi connectivity index (χ1v) is 9.26. The Bertz CT molecular complexity index is 1040. The molecule has 0 aliphatic carbocycles. The number of nitrogens with zero attached hydrogens (tertiary/aromatic N) is 5. The smallest absolute Gasteiger partial charge is 0.255 e. The van der Waals surface area contributed by atoms with Crippen LogP contribution in [0.5, 0.6) is 0 Å². The highest BCUT2D eigenvalue weighted by molar-refractivity contribution is 5.98. The first kappa shape index (κ1) is 18.0. The summed E-state index contributed by atoms with van der Waals surface area (Å²) in [6.45, 7) is 5.85. The summed E-state index contributed by atoms with van der Waals surface area (Å²) < 4.78 is 0. The fourth-order valence-electron chi connectivity index (χ4n) is 3.33. The number of aryl methyl sites for hydroxylation is 2. The first-order chi connectivity index (χ1) is 13.5. The molecule has 1 aliphatic rings. The molecule has 0 bridgehead atoms. The molecule has 4 rings (SSSR count). The average Bonchev–Trinajstić information content (AvgIpc) is 2.74. The van der Waals surface area contributed by atoms with Crippen molar-refractivity contribution in [2.45, 2.75) is 13.8 Å². The summed E-state index contributed by atoms with van der Waals surface area (Å²) in [6, 6.07) is 8.93. The second-order valence-electron chi connectivity index (χ2n) is 6.92. The zero-order valence-electron chi connectivity index (χ0n) is 15.9. The molecule has 0 atom stereocenters. The molecule has 1 saturated heterocycles. The van der Waals surface area contributed by atoms with Gasteiger partial charge in [-0.15, -0.1) is 0 Å². The second kappa shape index (κ2) is 7.34. The fourth-order valence-corrected chi connectivity index (χ4v) is 3.33. The van der Waals surface area contributed by atoms with Crippen molar-refractivity contribution < 1.29 is 9.59 Å². The van der Waals surface area contributed by atoms with Gasteiger partial charge in [-0.25, -0.2) is 9.97 Å². The molecule has 2 aromatic heterocycles. The van der Waals surface area contributed by atoms with Crippen LogP contribution in [0.25, 0.3) is 11.0 Å². The molecule has 0 unspecified atom stereocenters. The van der Waals surface area contributed by atoms with Crippen LogP contribution in [0.3, 0.4) is 0 Å². The molecule has 142 valence electrons. The number of carbonyl (C=O) groups excluding carboxylic acids is 2. The number of hydrogen-bond donors (Lipinski definition) is 0. The summed E-state index contributed by atoms with van der Waals surface area (Å²) in [5.74, 6) is -0.0950. The lowest BCUT2D eigenvalue weighted by molar-refractivity contribution is 0.0535. The lowest BCUT2D eigenvalue weighted by atomic mass is 10.1. The van der Waals surface area contributed by atoms with E-state index in [1.54, 1.807) is 46.5 Å². The van der Waals surface area contributed by atoms with E-state index in [4.69, 9.17) is 0 Å². The van der Waals surface area contributed by atoms with Gasteiger partial charge in [-0.1, -0.05) is 0 Å². The zero-order chi connectivity index (χ0) is 19.7. The van der Waals surface area contributed by atoms with Gasteiger partial charge in [0.25, 0.3) is 11.8 Å². The first-order valence-electron chi connectivity index (χ1n) is 9.26. The van der Waals surface area contributed by atoms with Gasteiger partial charge in [-0.2, -0.15) is 0 Å². The third-order valence-corrected chi connectivity index (χ3v) is 5.08. The Labute approximate surface area is 163 Å². The van der Waals surface area contributed by atoms with Gasteiger partial charge in [-0.3, -0.25) is 14.6 Å². The summed E-state index contributed by atoms with van der Waals surface area (Å²) in [7, 11) is 0. The van der Waals surface area contributed by atoms with Crippen LogP contribution in [-0.2, 0) is 0 Å². The van der Waals surface area contributed by atoms with E-state index >= 15 is 0 Å². The molecule has 2 amide bonds. The van der Waals surface area contributed by atoms with E-state index in [1.807, 2.05) is 19.9 Å². The highest BCUT2D eigenvalue weighted by atomic mass is 16.2. The van der Waals surface area contributed by atoms with E-state index in [2.05, 4.69) is 15.0 Å². The molecule has 1 aromatic carbocycles. The van der Waals surface area contributed by atoms with Crippen LogP contribution >= 0.6 is 0 Å². The maximum atomic E-state index is 12.9. The molecule has 1 aliphatic heterocycles. The SMILES string of the molecule is Cc1nc2ccc(C(=O)N3CCN(C(=O)c4cccnc4)CC3)cc2nc1C. The highest BCUT2D eigenvalue weighted by Gasteiger charge is 2.25. The summed E-state index contributed by atoms with van der Waals surface area (Å²) in [5.41, 5.74) is 4.42. The van der Waals surface area contributed by atoms with E-state index in [1.165, 1.54) is 0 Å². The Morgan fingerprint density at radius 1 is 0.821 bits per heavy atom. The van der Waals surface area contributed by atoms with Crippen molar-refractivity contribution in [3.63, 3.8) is 0 Å². The Kier molecular flexibility index (Phi) is 4.73. The Hall–Kier alpha value is -3.35. The Morgan fingerprint density at radius 3 is 2.04 bits per heavy atom. The van der Waals surface area contributed by atoms with Crippen LogP contribution in [0.15, 0.2) is 42.7 Å². The van der Waals surface area contributed by atoms with E-state index in [-0.39, 0.29) is 11.8 Å². The van der Waals surface area contributed by atoms with Crippen molar-refractivity contribution in [2.24, 2.45) is 0 Å². The zero-order valence-corrected chi connectivity index (χ0v) is 15.9. The fraction of sp³-hybridized carbons (Fsp3) is 0.286. The lowest BCUT2D eigenvalue weighted by Crippen LogP contribution is -2.50. The van der Waals surface area contributed by atoms with Crippen molar-refractivity contribution in [1.29, 1.82) is 0 Å². The Balaban J connectivity index is 1.46. The van der Waals surface area contributed by atoms with Crippen LogP contribution < -0.4 is 0 Å². The average molecular weight is 375 g/mol. The monoisotopic (exact) mass is 375 g/mol. The number of piperazine rings is 1. The topological polar surface area (TPSA) is 79.3 Å². The summed E-state index contributed by atoms with van der Waals surface area (Å²) in [6.07, 6.45) is 3.21. The largest absolute Gasteiger partial charge is 0.335 e. The van der Waals surface area contributed by atoms with Gasteiger partial charge in [0.2, 0.25) is 0 Å². The van der Waals surface area contributed by atoms with Crippen molar-refractivity contribution >= 4 is 22.8 Å². The van der Waals surface area contributed by atoms with E-state index in [0.717, 1.165) is 22.4 Å². The summed E-state index contributed by atoms with van der Waals surface area (Å²) in [4.78, 5) is 42.0. The number of carbonyl (C=O) groups is 2. The molecule has 1 fully saturated rings. The summed E-state index contributed by atoms with van der Waals surface area (Å²) in [5, 5.41) is 0. The van der Waals surface area contributed by atoms with Crippen LogP contribution in [0, 0.1) is 13.8 Å². The minimum atomic E-state index is -0.0491. The van der Waals surface area contributed by atoms with Crippen LogP contribution in [0.2, 0.25) is 0 Å². The molecule has 28 heavy (non-hydrogen) atoms. The van der Waals surface area contributed by atoms with Gasteiger partial charge in [0.1, 0.15) is 0 Å². The van der Waals surface area contributed by atoms with Crippen LogP contribution in [0.4, 0.5) is 0 Å². The quantitative estimate of drug-likeness (QED) is 0.686. The molecular formula is C21H21N5O2. The van der Waals surface area contributed by atoms with E-state index < -0.39 is 0 Å². The summed E-state index contributed by atoms with van der Waals surface area (Å²) >= 11 is 0. The van der Waals surface area contributed by atoms with Gasteiger partial charge in [0.15, 0.2) is 0 Å². The minimum absolute atomic E-state index is 0.0459. The predicted octanol–water partition coefficient (Wildman–Crippen LogP) is 2.24. The molecule has 7 nitrogen and oxygen atoms in total. The Morgan fingerprint density at radius 2 is 1.43 bits per heavy atom. The molecule has 3 aromatic rings.